The van der Waals surface area contributed by atoms with Crippen molar-refractivity contribution in [1.82, 2.24) is 0 Å². The van der Waals surface area contributed by atoms with Crippen molar-refractivity contribution in [3.05, 3.63) is 24.7 Å². The lowest BCUT2D eigenvalue weighted by Crippen LogP contribution is -1.78. The highest BCUT2D eigenvalue weighted by atomic mass is 16.5. The van der Waals surface area contributed by atoms with Gasteiger partial charge in [-0.3, -0.25) is 0 Å². The van der Waals surface area contributed by atoms with Crippen LogP contribution in [-0.4, -0.2) is 0 Å². The number of ether oxygens (including phenoxy) is 1. The van der Waals surface area contributed by atoms with Crippen molar-refractivity contribution in [2.75, 3.05) is 0 Å². The zero-order valence-electron chi connectivity index (χ0n) is 4.82. The molecule has 48 valence electrons. The van der Waals surface area contributed by atoms with Crippen LogP contribution in [0.15, 0.2) is 24.7 Å². The van der Waals surface area contributed by atoms with Crippen molar-refractivity contribution in [2.45, 2.75) is 21.3 Å². The summed E-state index contributed by atoms with van der Waals surface area (Å²) in [5.74, 6) is 1.38. The van der Waals surface area contributed by atoms with E-state index in [4.69, 9.17) is 4.74 Å². The standard InChI is InChI=1S/C6H10O.CH4/c1-5(2)7-6(3)4;/h1,3H2,2,4H3;1H4. The Morgan fingerprint density at radius 1 is 1.12 bits per heavy atom. The Balaban J connectivity index is 0. The first kappa shape index (κ1) is 10.3. The van der Waals surface area contributed by atoms with E-state index >= 15 is 0 Å². The van der Waals surface area contributed by atoms with Crippen molar-refractivity contribution in [3.63, 3.8) is 0 Å². The quantitative estimate of drug-likeness (QED) is 0.501. The third-order valence-corrected chi connectivity index (χ3v) is 0.348. The molecule has 0 radical (unpaired) electrons. The van der Waals surface area contributed by atoms with Crippen LogP contribution in [0.1, 0.15) is 21.3 Å². The van der Waals surface area contributed by atoms with Crippen LogP contribution in [0.3, 0.4) is 0 Å². The highest BCUT2D eigenvalue weighted by molar-refractivity contribution is 4.85. The Labute approximate surface area is 51.7 Å². The molecule has 0 saturated heterocycles. The third kappa shape index (κ3) is 8.99. The minimum Gasteiger partial charge on any atom is -0.468 e. The van der Waals surface area contributed by atoms with E-state index in [0.717, 1.165) is 0 Å². The molecule has 1 nitrogen and oxygen atoms in total. The second-order valence-electron chi connectivity index (χ2n) is 1.51. The highest BCUT2D eigenvalue weighted by Gasteiger charge is 1.80. The fourth-order valence-corrected chi connectivity index (χ4v) is 0.297. The molecule has 0 aliphatic rings. The summed E-state index contributed by atoms with van der Waals surface area (Å²) in [6, 6.07) is 0. The number of allylic oxidation sites excluding steroid dienone is 2. The minimum atomic E-state index is 0. The van der Waals surface area contributed by atoms with Gasteiger partial charge in [0.15, 0.2) is 0 Å². The molecular weight excluding hydrogens is 100 g/mol. The molecule has 8 heavy (non-hydrogen) atoms. The second-order valence-corrected chi connectivity index (χ2v) is 1.51. The van der Waals surface area contributed by atoms with Gasteiger partial charge in [-0.2, -0.15) is 0 Å². The van der Waals surface area contributed by atoms with E-state index in [0.29, 0.717) is 11.5 Å². The van der Waals surface area contributed by atoms with Gasteiger partial charge in [-0.25, -0.2) is 0 Å². The van der Waals surface area contributed by atoms with E-state index in [-0.39, 0.29) is 7.43 Å². The van der Waals surface area contributed by atoms with Gasteiger partial charge in [0.1, 0.15) is 0 Å². The first-order valence-corrected chi connectivity index (χ1v) is 2.12. The normalized spacial score (nSPS) is 6.75. The van der Waals surface area contributed by atoms with Gasteiger partial charge in [0, 0.05) is 0 Å². The van der Waals surface area contributed by atoms with Crippen molar-refractivity contribution in [2.24, 2.45) is 0 Å². The molecule has 0 heterocycles. The molecule has 0 aromatic carbocycles. The van der Waals surface area contributed by atoms with Crippen molar-refractivity contribution in [1.29, 1.82) is 0 Å². The molecule has 0 aliphatic heterocycles. The van der Waals surface area contributed by atoms with Crippen LogP contribution in [0, 0.1) is 0 Å². The molecule has 0 amide bonds. The smallest absolute Gasteiger partial charge is 0.0933 e. The maximum absolute atomic E-state index is 4.86. The van der Waals surface area contributed by atoms with Crippen molar-refractivity contribution >= 4 is 0 Å². The summed E-state index contributed by atoms with van der Waals surface area (Å²) in [6.45, 7) is 10.6. The Morgan fingerprint density at radius 3 is 1.38 bits per heavy atom. The lowest BCUT2D eigenvalue weighted by molar-refractivity contribution is 0.313. The third-order valence-electron chi connectivity index (χ3n) is 0.348. The van der Waals surface area contributed by atoms with Crippen LogP contribution in [0.25, 0.3) is 0 Å². The molecule has 0 saturated carbocycles. The molecule has 0 N–H and O–H groups in total. The van der Waals surface area contributed by atoms with Gasteiger partial charge in [0.05, 0.1) is 11.5 Å². The van der Waals surface area contributed by atoms with Crippen LogP contribution in [0.4, 0.5) is 0 Å². The Hall–Kier alpha value is -0.720. The monoisotopic (exact) mass is 114 g/mol. The van der Waals surface area contributed by atoms with Crippen LogP contribution < -0.4 is 0 Å². The summed E-state index contributed by atoms with van der Waals surface area (Å²) in [7, 11) is 0. The second kappa shape index (κ2) is 4.44. The van der Waals surface area contributed by atoms with E-state index in [1.165, 1.54) is 0 Å². The van der Waals surface area contributed by atoms with Gasteiger partial charge in [0.25, 0.3) is 0 Å². The first-order chi connectivity index (χ1) is 3.13. The Morgan fingerprint density at radius 2 is 1.38 bits per heavy atom. The maximum atomic E-state index is 4.86. The number of hydrogen-bond donors (Lipinski definition) is 0. The molecule has 0 fully saturated rings. The predicted octanol–water partition coefficient (Wildman–Crippen LogP) is 2.71. The zero-order chi connectivity index (χ0) is 5.86. The SMILES string of the molecule is C.C=C(C)OC(=C)C. The summed E-state index contributed by atoms with van der Waals surface area (Å²) < 4.78 is 4.86. The molecule has 0 aromatic heterocycles. The van der Waals surface area contributed by atoms with Gasteiger partial charge < -0.3 is 4.74 Å². The summed E-state index contributed by atoms with van der Waals surface area (Å²) in [5, 5.41) is 0. The van der Waals surface area contributed by atoms with Gasteiger partial charge in [0.2, 0.25) is 0 Å². The summed E-state index contributed by atoms with van der Waals surface area (Å²) in [4.78, 5) is 0. The van der Waals surface area contributed by atoms with Gasteiger partial charge >= 0.3 is 0 Å². The van der Waals surface area contributed by atoms with Crippen molar-refractivity contribution < 1.29 is 4.74 Å². The summed E-state index contributed by atoms with van der Waals surface area (Å²) in [5.41, 5.74) is 0. The van der Waals surface area contributed by atoms with Crippen molar-refractivity contribution in [3.8, 4) is 0 Å². The number of hydrogen-bond acceptors (Lipinski definition) is 1. The topological polar surface area (TPSA) is 9.23 Å². The molecular formula is C7H14O. The van der Waals surface area contributed by atoms with Crippen LogP contribution in [0.2, 0.25) is 0 Å². The molecule has 1 heteroatoms. The van der Waals surface area contributed by atoms with E-state index in [2.05, 4.69) is 13.2 Å². The summed E-state index contributed by atoms with van der Waals surface area (Å²) >= 11 is 0. The van der Waals surface area contributed by atoms with Gasteiger partial charge in [-0.05, 0) is 13.8 Å². The average Bonchev–Trinajstić information content (AvgIpc) is 1.27. The molecule has 0 spiro atoms. The van der Waals surface area contributed by atoms with Crippen LogP contribution in [0.5, 0.6) is 0 Å². The Kier molecular flexibility index (Phi) is 5.71. The Bertz CT molecular complexity index is 80.6. The maximum Gasteiger partial charge on any atom is 0.0933 e. The van der Waals surface area contributed by atoms with Gasteiger partial charge in [-0.1, -0.05) is 20.6 Å². The van der Waals surface area contributed by atoms with Crippen LogP contribution >= 0.6 is 0 Å². The molecule has 0 aromatic rings. The molecule has 0 rings (SSSR count). The van der Waals surface area contributed by atoms with Gasteiger partial charge in [-0.15, -0.1) is 0 Å². The lowest BCUT2D eigenvalue weighted by atomic mass is 10.6. The zero-order valence-corrected chi connectivity index (χ0v) is 4.82. The summed E-state index contributed by atoms with van der Waals surface area (Å²) in [6.07, 6.45) is 0. The molecule has 0 aliphatic carbocycles. The largest absolute Gasteiger partial charge is 0.468 e. The fraction of sp³-hybridized carbons (Fsp3) is 0.429. The number of rotatable bonds is 2. The van der Waals surface area contributed by atoms with E-state index in [1.54, 1.807) is 13.8 Å². The minimum absolute atomic E-state index is 0. The molecule has 0 unspecified atom stereocenters. The van der Waals surface area contributed by atoms with Crippen LogP contribution in [-0.2, 0) is 4.74 Å². The predicted molar refractivity (Wildman–Crippen MR) is 37.4 cm³/mol. The van der Waals surface area contributed by atoms with E-state index in [9.17, 15) is 0 Å². The van der Waals surface area contributed by atoms with E-state index in [1.807, 2.05) is 0 Å². The first-order valence-electron chi connectivity index (χ1n) is 2.12. The average molecular weight is 114 g/mol. The van der Waals surface area contributed by atoms with E-state index < -0.39 is 0 Å². The lowest BCUT2D eigenvalue weighted by Gasteiger charge is -1.99. The molecule has 0 atom stereocenters. The fourth-order valence-electron chi connectivity index (χ4n) is 0.297. The highest BCUT2D eigenvalue weighted by Crippen LogP contribution is 1.97. The molecule has 0 bridgehead atoms.